The first kappa shape index (κ1) is 14.6. The van der Waals surface area contributed by atoms with Crippen molar-refractivity contribution >= 4 is 38.9 Å². The number of halogens is 2. The third-order valence-electron chi connectivity index (χ3n) is 3.93. The Morgan fingerprint density at radius 2 is 1.95 bits per heavy atom. The molecule has 1 aromatic heterocycles. The Morgan fingerprint density at radius 3 is 2.80 bits per heavy atom. The number of fused-ring (bicyclic) bond motifs is 1. The maximum absolute atomic E-state index is 6.26. The topological polar surface area (TPSA) is 0 Å². The van der Waals surface area contributed by atoms with Gasteiger partial charge in [-0.2, -0.15) is 0 Å². The number of hydrogen-bond donors (Lipinski definition) is 0. The molecule has 0 amide bonds. The van der Waals surface area contributed by atoms with E-state index in [1.807, 2.05) is 23.5 Å². The molecule has 3 rings (SSSR count). The van der Waals surface area contributed by atoms with Crippen LogP contribution in [0.25, 0.3) is 0 Å². The number of hydrogen-bond acceptors (Lipinski definition) is 1. The van der Waals surface area contributed by atoms with Gasteiger partial charge in [0.25, 0.3) is 0 Å². The fourth-order valence-electron chi connectivity index (χ4n) is 2.80. The van der Waals surface area contributed by atoms with E-state index in [9.17, 15) is 0 Å². The molecule has 0 radical (unpaired) electrons. The van der Waals surface area contributed by atoms with E-state index in [0.29, 0.717) is 4.83 Å². The highest BCUT2D eigenvalue weighted by Crippen LogP contribution is 2.38. The molecule has 3 heteroatoms. The van der Waals surface area contributed by atoms with Gasteiger partial charge in [-0.15, -0.1) is 11.3 Å². The van der Waals surface area contributed by atoms with Gasteiger partial charge in [0.05, 0.1) is 4.83 Å². The van der Waals surface area contributed by atoms with Crippen LogP contribution in [0.4, 0.5) is 0 Å². The van der Waals surface area contributed by atoms with Gasteiger partial charge in [0, 0.05) is 14.8 Å². The molecule has 0 fully saturated rings. The van der Waals surface area contributed by atoms with E-state index >= 15 is 0 Å². The Balaban J connectivity index is 1.77. The third kappa shape index (κ3) is 3.29. The quantitative estimate of drug-likeness (QED) is 0.437. The normalized spacial score (nSPS) is 16.5. The SMILES string of the molecule is Clc1ccccc1CC(Br)c1cc2c(s1)CCCCC2. The van der Waals surface area contributed by atoms with E-state index in [-0.39, 0.29) is 0 Å². The highest BCUT2D eigenvalue weighted by Gasteiger charge is 2.17. The van der Waals surface area contributed by atoms with Gasteiger partial charge in [-0.05, 0) is 55.4 Å². The average Bonchev–Trinajstić information content (AvgIpc) is 2.73. The van der Waals surface area contributed by atoms with Gasteiger partial charge >= 0.3 is 0 Å². The summed E-state index contributed by atoms with van der Waals surface area (Å²) in [4.78, 5) is 3.44. The molecule has 1 aliphatic rings. The molecule has 1 aromatic carbocycles. The van der Waals surface area contributed by atoms with Crippen molar-refractivity contribution in [3.63, 3.8) is 0 Å². The predicted octanol–water partition coefficient (Wildman–Crippen LogP) is 6.35. The van der Waals surface area contributed by atoms with Crippen LogP contribution in [0, 0.1) is 0 Å². The zero-order valence-corrected chi connectivity index (χ0v) is 14.5. The maximum atomic E-state index is 6.26. The van der Waals surface area contributed by atoms with Crippen LogP contribution in [0.1, 0.15) is 45.0 Å². The molecule has 0 spiro atoms. The molecule has 1 atom stereocenters. The first-order chi connectivity index (χ1) is 9.74. The third-order valence-corrected chi connectivity index (χ3v) is 6.77. The number of benzene rings is 1. The van der Waals surface area contributed by atoms with Crippen molar-refractivity contribution in [3.05, 3.63) is 56.2 Å². The molecule has 20 heavy (non-hydrogen) atoms. The second kappa shape index (κ2) is 6.64. The largest absolute Gasteiger partial charge is 0.144 e. The Bertz CT molecular complexity index is 567. The van der Waals surface area contributed by atoms with E-state index in [0.717, 1.165) is 11.4 Å². The number of alkyl halides is 1. The van der Waals surface area contributed by atoms with Gasteiger partial charge in [0.1, 0.15) is 0 Å². The molecule has 0 N–H and O–H groups in total. The summed E-state index contributed by atoms with van der Waals surface area (Å²) in [5.74, 6) is 0. The summed E-state index contributed by atoms with van der Waals surface area (Å²) < 4.78 is 0. The smallest absolute Gasteiger partial charge is 0.0530 e. The Morgan fingerprint density at radius 1 is 1.15 bits per heavy atom. The van der Waals surface area contributed by atoms with Gasteiger partial charge in [-0.1, -0.05) is 52.2 Å². The highest BCUT2D eigenvalue weighted by molar-refractivity contribution is 9.09. The predicted molar refractivity (Wildman–Crippen MR) is 92.4 cm³/mol. The highest BCUT2D eigenvalue weighted by atomic mass is 79.9. The van der Waals surface area contributed by atoms with Crippen LogP contribution in [0.5, 0.6) is 0 Å². The molecule has 0 nitrogen and oxygen atoms in total. The lowest BCUT2D eigenvalue weighted by molar-refractivity contribution is 0.712. The van der Waals surface area contributed by atoms with Crippen LogP contribution in [0.2, 0.25) is 5.02 Å². The fraction of sp³-hybridized carbons (Fsp3) is 0.412. The van der Waals surface area contributed by atoms with Crippen molar-refractivity contribution in [2.24, 2.45) is 0 Å². The zero-order valence-electron chi connectivity index (χ0n) is 11.4. The number of thiophene rings is 1. The first-order valence-electron chi connectivity index (χ1n) is 7.23. The molecule has 2 aromatic rings. The molecule has 0 aliphatic heterocycles. The van der Waals surface area contributed by atoms with Crippen molar-refractivity contribution in [3.8, 4) is 0 Å². The summed E-state index contributed by atoms with van der Waals surface area (Å²) in [6, 6.07) is 10.6. The molecule has 0 saturated heterocycles. The van der Waals surface area contributed by atoms with Crippen LogP contribution in [-0.2, 0) is 19.3 Å². The second-order valence-corrected chi connectivity index (χ2v) is 8.10. The van der Waals surface area contributed by atoms with Gasteiger partial charge < -0.3 is 0 Å². The van der Waals surface area contributed by atoms with E-state index in [2.05, 4.69) is 34.1 Å². The zero-order chi connectivity index (χ0) is 13.9. The molecule has 1 unspecified atom stereocenters. The molecule has 106 valence electrons. The van der Waals surface area contributed by atoms with Crippen molar-refractivity contribution in [2.45, 2.75) is 43.4 Å². The van der Waals surface area contributed by atoms with Gasteiger partial charge in [-0.25, -0.2) is 0 Å². The van der Waals surface area contributed by atoms with Crippen LogP contribution in [0.15, 0.2) is 30.3 Å². The summed E-state index contributed by atoms with van der Waals surface area (Å²) in [5, 5.41) is 0.870. The lowest BCUT2D eigenvalue weighted by atomic mass is 10.1. The van der Waals surface area contributed by atoms with Crippen LogP contribution >= 0.6 is 38.9 Å². The lowest BCUT2D eigenvalue weighted by Gasteiger charge is -2.09. The van der Waals surface area contributed by atoms with E-state index in [1.165, 1.54) is 42.5 Å². The average molecular weight is 370 g/mol. The summed E-state index contributed by atoms with van der Waals surface area (Å²) >= 11 is 12.1. The number of aryl methyl sites for hydroxylation is 2. The summed E-state index contributed by atoms with van der Waals surface area (Å²) in [7, 11) is 0. The van der Waals surface area contributed by atoms with Crippen molar-refractivity contribution < 1.29 is 0 Å². The summed E-state index contributed by atoms with van der Waals surface area (Å²) in [5.41, 5.74) is 2.81. The Hall–Kier alpha value is -0.310. The lowest BCUT2D eigenvalue weighted by Crippen LogP contribution is -1.94. The molecule has 0 bridgehead atoms. The molecular weight excluding hydrogens is 352 g/mol. The standard InChI is InChI=1S/C17H18BrClS/c18-14(10-12-6-4-5-8-15(12)19)17-11-13-7-2-1-3-9-16(13)20-17/h4-6,8,11,14H,1-3,7,9-10H2. The molecule has 1 aliphatic carbocycles. The van der Waals surface area contributed by atoms with Gasteiger partial charge in [0.2, 0.25) is 0 Å². The Kier molecular flexibility index (Phi) is 4.85. The first-order valence-corrected chi connectivity index (χ1v) is 9.34. The van der Waals surface area contributed by atoms with E-state index < -0.39 is 0 Å². The van der Waals surface area contributed by atoms with Crippen molar-refractivity contribution in [1.82, 2.24) is 0 Å². The monoisotopic (exact) mass is 368 g/mol. The molecular formula is C17H18BrClS. The Labute approximate surface area is 138 Å². The summed E-state index contributed by atoms with van der Waals surface area (Å²) in [6.45, 7) is 0. The summed E-state index contributed by atoms with van der Waals surface area (Å²) in [6.07, 6.45) is 7.57. The minimum atomic E-state index is 0.374. The fourth-order valence-corrected chi connectivity index (χ4v) is 5.01. The maximum Gasteiger partial charge on any atom is 0.0530 e. The molecule has 0 saturated carbocycles. The van der Waals surface area contributed by atoms with Crippen molar-refractivity contribution in [2.75, 3.05) is 0 Å². The van der Waals surface area contributed by atoms with Crippen LogP contribution in [0.3, 0.4) is 0 Å². The van der Waals surface area contributed by atoms with Gasteiger partial charge in [-0.3, -0.25) is 0 Å². The minimum absolute atomic E-state index is 0.374. The van der Waals surface area contributed by atoms with E-state index in [1.54, 1.807) is 10.4 Å². The number of rotatable bonds is 3. The van der Waals surface area contributed by atoms with Gasteiger partial charge in [0.15, 0.2) is 0 Å². The van der Waals surface area contributed by atoms with E-state index in [4.69, 9.17) is 11.6 Å². The van der Waals surface area contributed by atoms with Crippen molar-refractivity contribution in [1.29, 1.82) is 0 Å². The second-order valence-electron chi connectivity index (χ2n) is 5.42. The molecule has 1 heterocycles. The minimum Gasteiger partial charge on any atom is -0.144 e. The van der Waals surface area contributed by atoms with Crippen LogP contribution < -0.4 is 0 Å². The van der Waals surface area contributed by atoms with Crippen LogP contribution in [-0.4, -0.2) is 0 Å².